The molecule has 1 aliphatic heterocycles. The molecule has 1 aromatic heterocycles. The average molecular weight is 267 g/mol. The second-order valence-corrected chi connectivity index (χ2v) is 5.03. The Morgan fingerprint density at radius 1 is 1.47 bits per heavy atom. The van der Waals surface area contributed by atoms with E-state index >= 15 is 0 Å². The van der Waals surface area contributed by atoms with E-state index in [1.807, 2.05) is 19.9 Å². The van der Waals surface area contributed by atoms with Crippen LogP contribution in [0.3, 0.4) is 0 Å². The smallest absolute Gasteiger partial charge is 0.290 e. The maximum atomic E-state index is 12.5. The van der Waals surface area contributed by atoms with E-state index in [2.05, 4.69) is 0 Å². The first-order valence-corrected chi connectivity index (χ1v) is 6.46. The van der Waals surface area contributed by atoms with Crippen LogP contribution >= 0.6 is 0 Å². The van der Waals surface area contributed by atoms with Crippen LogP contribution in [0.15, 0.2) is 10.5 Å². The number of hydrogen-bond acceptors (Lipinski definition) is 4. The van der Waals surface area contributed by atoms with Gasteiger partial charge in [0.2, 0.25) is 0 Å². The number of ether oxygens (including phenoxy) is 2. The van der Waals surface area contributed by atoms with Crippen molar-refractivity contribution < 1.29 is 18.7 Å². The normalized spacial score (nSPS) is 23.1. The standard InChI is InChI=1S/C14H21NO4/c1-9-5-10(2)19-13(9)14(16)15-7-12(18-4)6-11(15)8-17-3/h5,11-12H,6-8H2,1-4H3/t11-,12+/m0/s1. The summed E-state index contributed by atoms with van der Waals surface area (Å²) >= 11 is 0. The number of aryl methyl sites for hydroxylation is 2. The van der Waals surface area contributed by atoms with Crippen molar-refractivity contribution in [3.63, 3.8) is 0 Å². The first-order valence-electron chi connectivity index (χ1n) is 6.46. The monoisotopic (exact) mass is 267 g/mol. The van der Waals surface area contributed by atoms with Gasteiger partial charge in [0.25, 0.3) is 5.91 Å². The Labute approximate surface area is 113 Å². The lowest BCUT2D eigenvalue weighted by Gasteiger charge is -2.23. The zero-order valence-electron chi connectivity index (χ0n) is 11.9. The quantitative estimate of drug-likeness (QED) is 0.834. The summed E-state index contributed by atoms with van der Waals surface area (Å²) in [5.74, 6) is 1.11. The van der Waals surface area contributed by atoms with E-state index in [1.165, 1.54) is 0 Å². The number of carbonyl (C=O) groups excluding carboxylic acids is 1. The van der Waals surface area contributed by atoms with Gasteiger partial charge >= 0.3 is 0 Å². The molecule has 19 heavy (non-hydrogen) atoms. The Morgan fingerprint density at radius 2 is 2.21 bits per heavy atom. The minimum absolute atomic E-state index is 0.0484. The number of furan rings is 1. The van der Waals surface area contributed by atoms with E-state index in [-0.39, 0.29) is 18.1 Å². The Morgan fingerprint density at radius 3 is 2.74 bits per heavy atom. The Hall–Kier alpha value is -1.33. The second-order valence-electron chi connectivity index (χ2n) is 5.03. The predicted octanol–water partition coefficient (Wildman–Crippen LogP) is 1.77. The molecule has 2 atom stereocenters. The molecule has 1 amide bonds. The average Bonchev–Trinajstić information content (AvgIpc) is 2.92. The topological polar surface area (TPSA) is 51.9 Å². The van der Waals surface area contributed by atoms with Gasteiger partial charge in [-0.05, 0) is 26.3 Å². The number of likely N-dealkylation sites (tertiary alicyclic amines) is 1. The fourth-order valence-electron chi connectivity index (χ4n) is 2.63. The Balaban J connectivity index is 2.19. The van der Waals surface area contributed by atoms with Crippen LogP contribution in [0.4, 0.5) is 0 Å². The number of nitrogens with zero attached hydrogens (tertiary/aromatic N) is 1. The van der Waals surface area contributed by atoms with Crippen molar-refractivity contribution in [2.24, 2.45) is 0 Å². The molecule has 1 fully saturated rings. The minimum atomic E-state index is -0.0767. The van der Waals surface area contributed by atoms with Crippen molar-refractivity contribution in [3.05, 3.63) is 23.2 Å². The van der Waals surface area contributed by atoms with Crippen molar-refractivity contribution in [2.45, 2.75) is 32.4 Å². The van der Waals surface area contributed by atoms with Gasteiger partial charge in [-0.1, -0.05) is 0 Å². The number of carbonyl (C=O) groups is 1. The summed E-state index contributed by atoms with van der Waals surface area (Å²) in [5.41, 5.74) is 0.875. The molecule has 0 aliphatic carbocycles. The van der Waals surface area contributed by atoms with Gasteiger partial charge in [-0.25, -0.2) is 0 Å². The van der Waals surface area contributed by atoms with Crippen molar-refractivity contribution >= 4 is 5.91 Å². The second kappa shape index (κ2) is 5.75. The van der Waals surface area contributed by atoms with E-state index in [1.54, 1.807) is 19.1 Å². The zero-order chi connectivity index (χ0) is 14.0. The van der Waals surface area contributed by atoms with Gasteiger partial charge in [-0.15, -0.1) is 0 Å². The molecule has 106 valence electrons. The van der Waals surface area contributed by atoms with E-state index < -0.39 is 0 Å². The van der Waals surface area contributed by atoms with Crippen LogP contribution in [0.1, 0.15) is 28.3 Å². The van der Waals surface area contributed by atoms with Crippen molar-refractivity contribution in [1.29, 1.82) is 0 Å². The largest absolute Gasteiger partial charge is 0.456 e. The summed E-state index contributed by atoms with van der Waals surface area (Å²) in [6.45, 7) is 4.84. The van der Waals surface area contributed by atoms with Gasteiger partial charge < -0.3 is 18.8 Å². The summed E-state index contributed by atoms with van der Waals surface area (Å²) in [4.78, 5) is 14.3. The maximum absolute atomic E-state index is 12.5. The number of methoxy groups -OCH3 is 2. The van der Waals surface area contributed by atoms with Gasteiger partial charge in [0, 0.05) is 26.3 Å². The number of rotatable bonds is 4. The molecule has 1 aliphatic rings. The third-order valence-corrected chi connectivity index (χ3v) is 3.56. The molecular weight excluding hydrogens is 246 g/mol. The summed E-state index contributed by atoms with van der Waals surface area (Å²) < 4.78 is 16.1. The highest BCUT2D eigenvalue weighted by molar-refractivity contribution is 5.93. The fourth-order valence-corrected chi connectivity index (χ4v) is 2.63. The van der Waals surface area contributed by atoms with Crippen LogP contribution in [-0.2, 0) is 9.47 Å². The van der Waals surface area contributed by atoms with Crippen LogP contribution in [0.5, 0.6) is 0 Å². The van der Waals surface area contributed by atoms with Gasteiger partial charge in [-0.3, -0.25) is 4.79 Å². The molecule has 0 saturated carbocycles. The molecule has 5 nitrogen and oxygen atoms in total. The van der Waals surface area contributed by atoms with E-state index in [0.29, 0.717) is 18.9 Å². The highest BCUT2D eigenvalue weighted by atomic mass is 16.5. The molecular formula is C14H21NO4. The summed E-state index contributed by atoms with van der Waals surface area (Å²) in [6.07, 6.45) is 0.870. The summed E-state index contributed by atoms with van der Waals surface area (Å²) in [5, 5.41) is 0. The third-order valence-electron chi connectivity index (χ3n) is 3.56. The molecule has 0 spiro atoms. The van der Waals surface area contributed by atoms with Crippen molar-refractivity contribution in [1.82, 2.24) is 4.90 Å². The van der Waals surface area contributed by atoms with Gasteiger partial charge in [0.05, 0.1) is 18.8 Å². The van der Waals surface area contributed by atoms with Gasteiger partial charge in [0.15, 0.2) is 5.76 Å². The summed E-state index contributed by atoms with van der Waals surface area (Å²) in [6, 6.07) is 1.93. The molecule has 2 rings (SSSR count). The minimum Gasteiger partial charge on any atom is -0.456 e. The van der Waals surface area contributed by atoms with E-state index in [0.717, 1.165) is 17.7 Å². The van der Waals surface area contributed by atoms with Crippen LogP contribution in [0.2, 0.25) is 0 Å². The lowest BCUT2D eigenvalue weighted by Crippen LogP contribution is -2.38. The van der Waals surface area contributed by atoms with Crippen LogP contribution < -0.4 is 0 Å². The number of amides is 1. The molecule has 0 radical (unpaired) electrons. The molecule has 0 unspecified atom stereocenters. The van der Waals surface area contributed by atoms with E-state index in [9.17, 15) is 4.79 Å². The first-order chi connectivity index (χ1) is 9.06. The first kappa shape index (κ1) is 14.1. The molecule has 2 heterocycles. The van der Waals surface area contributed by atoms with Crippen LogP contribution in [0.25, 0.3) is 0 Å². The Kier molecular flexibility index (Phi) is 4.27. The Bertz CT molecular complexity index is 454. The predicted molar refractivity (Wildman–Crippen MR) is 70.3 cm³/mol. The fraction of sp³-hybridized carbons (Fsp3) is 0.643. The third kappa shape index (κ3) is 2.82. The molecule has 0 aromatic carbocycles. The van der Waals surface area contributed by atoms with Crippen LogP contribution in [-0.4, -0.2) is 50.3 Å². The maximum Gasteiger partial charge on any atom is 0.290 e. The van der Waals surface area contributed by atoms with E-state index in [4.69, 9.17) is 13.9 Å². The molecule has 1 aromatic rings. The molecule has 5 heteroatoms. The molecule has 1 saturated heterocycles. The lowest BCUT2D eigenvalue weighted by atomic mass is 10.2. The van der Waals surface area contributed by atoms with Gasteiger partial charge in [-0.2, -0.15) is 0 Å². The number of hydrogen-bond donors (Lipinski definition) is 0. The van der Waals surface area contributed by atoms with Crippen LogP contribution in [0, 0.1) is 13.8 Å². The SMILES string of the molecule is COC[C@@H]1C[C@@H](OC)CN1C(=O)c1oc(C)cc1C. The van der Waals surface area contributed by atoms with Crippen molar-refractivity contribution in [2.75, 3.05) is 27.4 Å². The highest BCUT2D eigenvalue weighted by Crippen LogP contribution is 2.25. The van der Waals surface area contributed by atoms with Gasteiger partial charge in [0.1, 0.15) is 5.76 Å². The lowest BCUT2D eigenvalue weighted by molar-refractivity contribution is 0.0580. The molecule has 0 N–H and O–H groups in total. The molecule has 0 bridgehead atoms. The van der Waals surface area contributed by atoms with Crippen molar-refractivity contribution in [3.8, 4) is 0 Å². The highest BCUT2D eigenvalue weighted by Gasteiger charge is 2.37. The summed E-state index contributed by atoms with van der Waals surface area (Å²) in [7, 11) is 3.32. The zero-order valence-corrected chi connectivity index (χ0v) is 11.9.